The lowest BCUT2D eigenvalue weighted by molar-refractivity contribution is -0.0102. The first-order valence-electron chi connectivity index (χ1n) is 7.43. The van der Waals surface area contributed by atoms with Crippen LogP contribution in [0.1, 0.15) is 29.6 Å². The summed E-state index contributed by atoms with van der Waals surface area (Å²) in [6, 6.07) is 4.53. The number of aromatic nitrogens is 1. The molecule has 0 aliphatic carbocycles. The maximum absolute atomic E-state index is 13.6. The minimum absolute atomic E-state index is 0.0360. The Bertz CT molecular complexity index is 814. The normalized spacial score (nSPS) is 17.8. The van der Waals surface area contributed by atoms with Crippen LogP contribution in [0, 0.1) is 0 Å². The van der Waals surface area contributed by atoms with E-state index >= 15 is 0 Å². The topological polar surface area (TPSA) is 53.4 Å². The Kier molecular flexibility index (Phi) is 4.53. The molecular formula is C16H14Cl2F2N2O2. The molecule has 3 rings (SSSR count). The Labute approximate surface area is 147 Å². The predicted octanol–water partition coefficient (Wildman–Crippen LogP) is 4.87. The number of fused-ring (bicyclic) bond motifs is 1. The van der Waals surface area contributed by atoms with Crippen molar-refractivity contribution in [3.63, 3.8) is 0 Å². The highest BCUT2D eigenvalue weighted by molar-refractivity contribution is 6.42. The van der Waals surface area contributed by atoms with Gasteiger partial charge in [0.25, 0.3) is 0 Å². The van der Waals surface area contributed by atoms with Crippen molar-refractivity contribution in [3.05, 3.63) is 33.8 Å². The third-order valence-electron chi connectivity index (χ3n) is 4.08. The van der Waals surface area contributed by atoms with Gasteiger partial charge in [-0.05, 0) is 24.6 Å². The number of pyridine rings is 1. The highest BCUT2D eigenvalue weighted by Gasteiger charge is 2.33. The van der Waals surface area contributed by atoms with Crippen molar-refractivity contribution in [2.45, 2.75) is 25.2 Å². The van der Waals surface area contributed by atoms with E-state index < -0.39 is 11.9 Å². The van der Waals surface area contributed by atoms with Crippen molar-refractivity contribution in [3.8, 4) is 0 Å². The molecule has 8 heteroatoms. The van der Waals surface area contributed by atoms with Crippen LogP contribution in [0.15, 0.2) is 18.2 Å². The number of carbonyl (C=O) groups is 1. The number of halogens is 4. The van der Waals surface area contributed by atoms with Crippen LogP contribution in [-0.4, -0.2) is 35.1 Å². The third kappa shape index (κ3) is 3.39. The van der Waals surface area contributed by atoms with E-state index in [1.165, 1.54) is 6.07 Å². The molecule has 0 radical (unpaired) electrons. The number of carboxylic acids is 1. The van der Waals surface area contributed by atoms with Crippen LogP contribution in [0.3, 0.4) is 0 Å². The lowest BCUT2D eigenvalue weighted by atomic mass is 10.1. The van der Waals surface area contributed by atoms with Crippen molar-refractivity contribution in [2.24, 2.45) is 0 Å². The molecule has 2 aromatic rings. The van der Waals surface area contributed by atoms with Crippen LogP contribution in [0.2, 0.25) is 10.0 Å². The van der Waals surface area contributed by atoms with Gasteiger partial charge in [-0.3, -0.25) is 0 Å². The maximum Gasteiger partial charge on any atom is 0.339 e. The molecule has 1 aromatic heterocycles. The zero-order valence-corrected chi connectivity index (χ0v) is 14.0. The molecule has 0 bridgehead atoms. The fraction of sp³-hybridized carbons (Fsp3) is 0.375. The maximum atomic E-state index is 13.6. The smallest absolute Gasteiger partial charge is 0.339 e. The molecule has 1 N–H and O–H groups in total. The molecule has 1 aliphatic rings. The fourth-order valence-electron chi connectivity index (χ4n) is 2.83. The number of alkyl halides is 2. The van der Waals surface area contributed by atoms with E-state index in [4.69, 9.17) is 23.2 Å². The second kappa shape index (κ2) is 6.33. The number of anilines is 1. The third-order valence-corrected chi connectivity index (χ3v) is 4.81. The molecule has 1 aromatic carbocycles. The van der Waals surface area contributed by atoms with E-state index in [0.29, 0.717) is 27.5 Å². The van der Waals surface area contributed by atoms with Gasteiger partial charge in [0.05, 0.1) is 15.6 Å². The van der Waals surface area contributed by atoms with Crippen molar-refractivity contribution in [1.82, 2.24) is 4.98 Å². The number of nitrogens with zero attached hydrogens (tertiary/aromatic N) is 2. The molecule has 0 amide bonds. The van der Waals surface area contributed by atoms with Crippen LogP contribution >= 0.6 is 23.2 Å². The SMILES string of the molecule is O=C(O)c1cc2cc(Cl)c(Cl)cc2nc1N1CCCC(F)(F)CC1. The summed E-state index contributed by atoms with van der Waals surface area (Å²) in [6.07, 6.45) is -0.263. The Morgan fingerprint density at radius 3 is 2.58 bits per heavy atom. The van der Waals surface area contributed by atoms with E-state index in [0.717, 1.165) is 0 Å². The molecule has 0 unspecified atom stereocenters. The van der Waals surface area contributed by atoms with Crippen molar-refractivity contribution < 1.29 is 18.7 Å². The Morgan fingerprint density at radius 1 is 1.17 bits per heavy atom. The van der Waals surface area contributed by atoms with Crippen molar-refractivity contribution in [1.29, 1.82) is 0 Å². The molecule has 128 valence electrons. The summed E-state index contributed by atoms with van der Waals surface area (Å²) in [4.78, 5) is 17.6. The first-order chi connectivity index (χ1) is 11.3. The van der Waals surface area contributed by atoms with Gasteiger partial charge in [-0.15, -0.1) is 0 Å². The fourth-order valence-corrected chi connectivity index (χ4v) is 3.16. The van der Waals surface area contributed by atoms with E-state index in [1.807, 2.05) is 0 Å². The number of carboxylic acid groups (broad SMARTS) is 1. The van der Waals surface area contributed by atoms with Gasteiger partial charge in [-0.25, -0.2) is 18.6 Å². The summed E-state index contributed by atoms with van der Waals surface area (Å²) in [5.74, 6) is -3.71. The minimum Gasteiger partial charge on any atom is -0.478 e. The number of rotatable bonds is 2. The Hall–Kier alpha value is -1.66. The molecular weight excluding hydrogens is 361 g/mol. The monoisotopic (exact) mass is 374 g/mol. The highest BCUT2D eigenvalue weighted by Crippen LogP contribution is 2.33. The Morgan fingerprint density at radius 2 is 1.88 bits per heavy atom. The summed E-state index contributed by atoms with van der Waals surface area (Å²) in [5, 5.41) is 10.6. The van der Waals surface area contributed by atoms with Gasteiger partial charge >= 0.3 is 5.97 Å². The molecule has 2 heterocycles. The number of benzene rings is 1. The number of hydrogen-bond acceptors (Lipinski definition) is 3. The van der Waals surface area contributed by atoms with Crippen LogP contribution in [0.5, 0.6) is 0 Å². The van der Waals surface area contributed by atoms with Gasteiger partial charge in [-0.2, -0.15) is 0 Å². The van der Waals surface area contributed by atoms with Crippen LogP contribution in [-0.2, 0) is 0 Å². The van der Waals surface area contributed by atoms with E-state index in [1.54, 1.807) is 17.0 Å². The standard InChI is InChI=1S/C16H14Cl2F2N2O2/c17-11-7-9-6-10(15(23)24)14(21-13(9)8-12(11)18)22-4-1-2-16(19,20)3-5-22/h6-8H,1-5H2,(H,23,24). The molecule has 1 fully saturated rings. The van der Waals surface area contributed by atoms with Gasteiger partial charge in [-0.1, -0.05) is 23.2 Å². The quantitative estimate of drug-likeness (QED) is 0.814. The summed E-state index contributed by atoms with van der Waals surface area (Å²) in [5.41, 5.74) is 0.437. The number of hydrogen-bond donors (Lipinski definition) is 1. The first kappa shape index (κ1) is 17.2. The average Bonchev–Trinajstić information content (AvgIpc) is 2.68. The second-order valence-corrected chi connectivity index (χ2v) is 6.63. The predicted molar refractivity (Wildman–Crippen MR) is 89.7 cm³/mol. The second-order valence-electron chi connectivity index (χ2n) is 5.82. The largest absolute Gasteiger partial charge is 0.478 e. The summed E-state index contributed by atoms with van der Waals surface area (Å²) in [7, 11) is 0. The summed E-state index contributed by atoms with van der Waals surface area (Å²) < 4.78 is 27.1. The van der Waals surface area contributed by atoms with Crippen LogP contribution < -0.4 is 4.90 Å². The highest BCUT2D eigenvalue weighted by atomic mass is 35.5. The first-order valence-corrected chi connectivity index (χ1v) is 8.18. The zero-order chi connectivity index (χ0) is 17.5. The molecule has 0 saturated carbocycles. The lowest BCUT2D eigenvalue weighted by Crippen LogP contribution is -2.28. The molecule has 4 nitrogen and oxygen atoms in total. The van der Waals surface area contributed by atoms with E-state index in [9.17, 15) is 18.7 Å². The van der Waals surface area contributed by atoms with Crippen LogP contribution in [0.25, 0.3) is 10.9 Å². The van der Waals surface area contributed by atoms with Gasteiger partial charge in [0.1, 0.15) is 11.4 Å². The van der Waals surface area contributed by atoms with Gasteiger partial charge in [0, 0.05) is 31.3 Å². The lowest BCUT2D eigenvalue weighted by Gasteiger charge is -2.23. The summed E-state index contributed by atoms with van der Waals surface area (Å²) >= 11 is 12.0. The van der Waals surface area contributed by atoms with Gasteiger partial charge < -0.3 is 10.0 Å². The minimum atomic E-state index is -2.73. The van der Waals surface area contributed by atoms with Gasteiger partial charge in [0.2, 0.25) is 5.92 Å². The summed E-state index contributed by atoms with van der Waals surface area (Å²) in [6.45, 7) is 0.378. The molecule has 1 saturated heterocycles. The number of aromatic carboxylic acids is 1. The van der Waals surface area contributed by atoms with Gasteiger partial charge in [0.15, 0.2) is 0 Å². The molecule has 1 aliphatic heterocycles. The average molecular weight is 375 g/mol. The van der Waals surface area contributed by atoms with E-state index in [2.05, 4.69) is 4.98 Å². The Balaban J connectivity index is 2.09. The molecule has 0 atom stereocenters. The van der Waals surface area contributed by atoms with Crippen LogP contribution in [0.4, 0.5) is 14.6 Å². The molecule has 0 spiro atoms. The van der Waals surface area contributed by atoms with Crippen molar-refractivity contribution >= 4 is 45.9 Å². The zero-order valence-electron chi connectivity index (χ0n) is 12.5. The van der Waals surface area contributed by atoms with E-state index in [-0.39, 0.29) is 37.2 Å². The van der Waals surface area contributed by atoms with Crippen molar-refractivity contribution in [2.75, 3.05) is 18.0 Å². The molecule has 24 heavy (non-hydrogen) atoms.